The molecule has 0 aromatic heterocycles. The highest BCUT2D eigenvalue weighted by Crippen LogP contribution is 2.05. The van der Waals surface area contributed by atoms with Crippen molar-refractivity contribution in [2.24, 2.45) is 0 Å². The van der Waals surface area contributed by atoms with Crippen LogP contribution in [0.2, 0.25) is 0 Å². The largest absolute Gasteiger partial charge is 0.466 e. The molecule has 0 saturated heterocycles. The van der Waals surface area contributed by atoms with Crippen molar-refractivity contribution < 1.29 is 13.9 Å². The summed E-state index contributed by atoms with van der Waals surface area (Å²) in [6, 6.07) is 6.69. The van der Waals surface area contributed by atoms with E-state index in [1.54, 1.807) is 12.1 Å². The molecule has 0 amide bonds. The first-order valence-corrected chi connectivity index (χ1v) is 6.33. The van der Waals surface area contributed by atoms with Gasteiger partial charge in [0.1, 0.15) is 5.82 Å². The summed E-state index contributed by atoms with van der Waals surface area (Å²) in [5.41, 5.74) is 0.653. The Morgan fingerprint density at radius 1 is 1.39 bits per heavy atom. The summed E-state index contributed by atoms with van der Waals surface area (Å²) < 4.78 is 18.3. The van der Waals surface area contributed by atoms with Crippen LogP contribution < -0.4 is 5.32 Å². The van der Waals surface area contributed by atoms with Gasteiger partial charge in [-0.2, -0.15) is 0 Å². The van der Waals surface area contributed by atoms with Crippen molar-refractivity contribution in [2.45, 2.75) is 32.7 Å². The van der Waals surface area contributed by atoms with Gasteiger partial charge < -0.3 is 10.1 Å². The molecule has 0 radical (unpaired) electrons. The Kier molecular flexibility index (Phi) is 7.03. The maximum absolute atomic E-state index is 13.2. The molecule has 1 N–H and O–H groups in total. The lowest BCUT2D eigenvalue weighted by Crippen LogP contribution is -2.18. The van der Waals surface area contributed by atoms with Crippen LogP contribution in [0.5, 0.6) is 0 Å². The number of ether oxygens (including phenoxy) is 1. The summed E-state index contributed by atoms with van der Waals surface area (Å²) in [7, 11) is 0. The van der Waals surface area contributed by atoms with E-state index in [9.17, 15) is 9.18 Å². The predicted molar refractivity (Wildman–Crippen MR) is 68.6 cm³/mol. The molecule has 0 unspecified atom stereocenters. The van der Waals surface area contributed by atoms with Gasteiger partial charge >= 0.3 is 5.97 Å². The van der Waals surface area contributed by atoms with Crippen LogP contribution in [-0.2, 0) is 16.1 Å². The summed E-state index contributed by atoms with van der Waals surface area (Å²) in [4.78, 5) is 11.0. The highest BCUT2D eigenvalue weighted by Gasteiger charge is 2.01. The zero-order valence-corrected chi connectivity index (χ0v) is 10.7. The molecule has 0 aliphatic heterocycles. The average molecular weight is 253 g/mol. The third-order valence-electron chi connectivity index (χ3n) is 2.49. The van der Waals surface area contributed by atoms with Gasteiger partial charge in [-0.15, -0.1) is 0 Å². The van der Waals surface area contributed by atoms with Crippen LogP contribution in [0.15, 0.2) is 24.3 Å². The molecular formula is C14H20FNO2. The van der Waals surface area contributed by atoms with E-state index in [1.165, 1.54) is 6.07 Å². The first kappa shape index (κ1) is 14.6. The van der Waals surface area contributed by atoms with Gasteiger partial charge in [-0.1, -0.05) is 25.1 Å². The smallest absolute Gasteiger partial charge is 0.305 e. The van der Waals surface area contributed by atoms with Gasteiger partial charge in [0.05, 0.1) is 6.61 Å². The van der Waals surface area contributed by atoms with Crippen molar-refractivity contribution in [2.75, 3.05) is 13.2 Å². The predicted octanol–water partition coefficient (Wildman–Crippen LogP) is 2.65. The first-order valence-electron chi connectivity index (χ1n) is 6.33. The minimum Gasteiger partial charge on any atom is -0.466 e. The lowest BCUT2D eigenvalue weighted by Gasteiger charge is -2.06. The Labute approximate surface area is 107 Å². The monoisotopic (exact) mass is 253 g/mol. The summed E-state index contributed by atoms with van der Waals surface area (Å²) in [6.45, 7) is 3.56. The minimum absolute atomic E-state index is 0.147. The number of rotatable bonds is 8. The number of esters is 1. The van der Waals surface area contributed by atoms with Crippen molar-refractivity contribution in [3.05, 3.63) is 35.6 Å². The van der Waals surface area contributed by atoms with E-state index >= 15 is 0 Å². The van der Waals surface area contributed by atoms with E-state index in [0.29, 0.717) is 31.7 Å². The molecule has 0 heterocycles. The maximum Gasteiger partial charge on any atom is 0.305 e. The van der Waals surface area contributed by atoms with Crippen LogP contribution in [0.25, 0.3) is 0 Å². The van der Waals surface area contributed by atoms with Crippen LogP contribution in [0.3, 0.4) is 0 Å². The second-order valence-corrected chi connectivity index (χ2v) is 4.09. The van der Waals surface area contributed by atoms with Gasteiger partial charge in [0.25, 0.3) is 0 Å². The molecular weight excluding hydrogens is 233 g/mol. The van der Waals surface area contributed by atoms with E-state index in [-0.39, 0.29) is 11.8 Å². The lowest BCUT2D eigenvalue weighted by atomic mass is 10.2. The molecule has 0 atom stereocenters. The van der Waals surface area contributed by atoms with Gasteiger partial charge in [-0.05, 0) is 25.5 Å². The average Bonchev–Trinajstić information content (AvgIpc) is 2.36. The fraction of sp³-hybridized carbons (Fsp3) is 0.500. The molecule has 18 heavy (non-hydrogen) atoms. The third-order valence-corrected chi connectivity index (χ3v) is 2.49. The third kappa shape index (κ3) is 5.77. The number of hydrogen-bond donors (Lipinski definition) is 1. The molecule has 1 aromatic rings. The molecule has 1 aromatic carbocycles. The summed E-state index contributed by atoms with van der Waals surface area (Å²) in [5, 5.41) is 3.12. The van der Waals surface area contributed by atoms with Crippen LogP contribution in [0, 0.1) is 5.82 Å². The number of carbonyl (C=O) groups excluding carboxylic acids is 1. The van der Waals surface area contributed by atoms with Crippen molar-refractivity contribution in [3.63, 3.8) is 0 Å². The van der Waals surface area contributed by atoms with E-state index in [2.05, 4.69) is 5.32 Å². The van der Waals surface area contributed by atoms with Crippen LogP contribution in [0.4, 0.5) is 4.39 Å². The van der Waals surface area contributed by atoms with Gasteiger partial charge in [-0.3, -0.25) is 4.79 Å². The molecule has 1 rings (SSSR count). The van der Waals surface area contributed by atoms with E-state index in [0.717, 1.165) is 12.8 Å². The zero-order chi connectivity index (χ0) is 13.2. The Hall–Kier alpha value is -1.42. The Balaban J connectivity index is 2.06. The fourth-order valence-electron chi connectivity index (χ4n) is 1.52. The number of nitrogens with one attached hydrogen (secondary N) is 1. The number of hydrogen-bond acceptors (Lipinski definition) is 3. The van der Waals surface area contributed by atoms with Crippen LogP contribution in [-0.4, -0.2) is 19.1 Å². The van der Waals surface area contributed by atoms with Gasteiger partial charge in [0, 0.05) is 18.5 Å². The highest BCUT2D eigenvalue weighted by atomic mass is 19.1. The quantitative estimate of drug-likeness (QED) is 0.572. The molecule has 3 nitrogen and oxygen atoms in total. The van der Waals surface area contributed by atoms with E-state index in [4.69, 9.17) is 4.74 Å². The molecule has 0 aliphatic carbocycles. The standard InChI is InChI=1S/C14H20FNO2/c1-2-6-14(17)18-10-5-9-16-11-12-7-3-4-8-13(12)15/h3-4,7-8,16H,2,5-6,9-11H2,1H3. The second kappa shape index (κ2) is 8.64. The van der Waals surface area contributed by atoms with E-state index < -0.39 is 0 Å². The van der Waals surface area contributed by atoms with Crippen molar-refractivity contribution in [1.82, 2.24) is 5.32 Å². The summed E-state index contributed by atoms with van der Waals surface area (Å²) >= 11 is 0. The lowest BCUT2D eigenvalue weighted by molar-refractivity contribution is -0.143. The molecule has 0 fully saturated rings. The van der Waals surface area contributed by atoms with Gasteiger partial charge in [0.2, 0.25) is 0 Å². The second-order valence-electron chi connectivity index (χ2n) is 4.09. The van der Waals surface area contributed by atoms with Crippen molar-refractivity contribution in [1.29, 1.82) is 0 Å². The maximum atomic E-state index is 13.2. The van der Waals surface area contributed by atoms with Gasteiger partial charge in [-0.25, -0.2) is 4.39 Å². The minimum atomic E-state index is -0.195. The van der Waals surface area contributed by atoms with Crippen LogP contribution >= 0.6 is 0 Å². The van der Waals surface area contributed by atoms with Crippen molar-refractivity contribution >= 4 is 5.97 Å². The molecule has 0 bridgehead atoms. The first-order chi connectivity index (χ1) is 8.74. The molecule has 100 valence electrons. The molecule has 0 spiro atoms. The number of carbonyl (C=O) groups is 1. The Morgan fingerprint density at radius 2 is 2.17 bits per heavy atom. The molecule has 4 heteroatoms. The Morgan fingerprint density at radius 3 is 2.89 bits per heavy atom. The fourth-order valence-corrected chi connectivity index (χ4v) is 1.52. The molecule has 0 aliphatic rings. The zero-order valence-electron chi connectivity index (χ0n) is 10.7. The number of halogens is 1. The summed E-state index contributed by atoms with van der Waals surface area (Å²) in [6.07, 6.45) is 2.02. The van der Waals surface area contributed by atoms with Gasteiger partial charge in [0.15, 0.2) is 0 Å². The summed E-state index contributed by atoms with van der Waals surface area (Å²) in [5.74, 6) is -0.342. The molecule has 0 saturated carbocycles. The van der Waals surface area contributed by atoms with E-state index in [1.807, 2.05) is 13.0 Å². The Bertz CT molecular complexity index is 369. The van der Waals surface area contributed by atoms with Crippen LogP contribution in [0.1, 0.15) is 31.7 Å². The topological polar surface area (TPSA) is 38.3 Å². The SMILES string of the molecule is CCCC(=O)OCCCNCc1ccccc1F. The highest BCUT2D eigenvalue weighted by molar-refractivity contribution is 5.69. The number of benzene rings is 1. The normalized spacial score (nSPS) is 10.3. The van der Waals surface area contributed by atoms with Crippen molar-refractivity contribution in [3.8, 4) is 0 Å².